The zero-order valence-electron chi connectivity index (χ0n) is 17.1. The lowest BCUT2D eigenvalue weighted by Gasteiger charge is -2.19. The summed E-state index contributed by atoms with van der Waals surface area (Å²) < 4.78 is 32.1. The highest BCUT2D eigenvalue weighted by Gasteiger charge is 2.26. The largest absolute Gasteiger partial charge is 0.484 e. The van der Waals surface area contributed by atoms with Crippen LogP contribution in [-0.2, 0) is 20.2 Å². The first-order valence-electron chi connectivity index (χ1n) is 9.80. The molecule has 0 radical (unpaired) electrons. The first-order chi connectivity index (χ1) is 13.7. The Kier molecular flexibility index (Phi) is 6.29. The molecule has 1 heterocycles. The minimum absolute atomic E-state index is 0.0598. The molecule has 156 valence electrons. The van der Waals surface area contributed by atoms with Crippen LogP contribution in [0.4, 0.5) is 5.69 Å². The van der Waals surface area contributed by atoms with Gasteiger partial charge in [-0.3, -0.25) is 4.79 Å². The lowest BCUT2D eigenvalue weighted by atomic mass is 9.87. The minimum Gasteiger partial charge on any atom is -0.484 e. The third kappa shape index (κ3) is 5.36. The highest BCUT2D eigenvalue weighted by atomic mass is 32.2. The molecule has 0 bridgehead atoms. The fourth-order valence-corrected chi connectivity index (χ4v) is 4.70. The van der Waals surface area contributed by atoms with Gasteiger partial charge in [0, 0.05) is 18.8 Å². The quantitative estimate of drug-likeness (QED) is 0.777. The maximum atomic E-state index is 12.5. The topological polar surface area (TPSA) is 75.7 Å². The molecule has 1 fully saturated rings. The monoisotopic (exact) mass is 416 g/mol. The van der Waals surface area contributed by atoms with Crippen molar-refractivity contribution in [3.05, 3.63) is 54.1 Å². The Bertz CT molecular complexity index is 940. The van der Waals surface area contributed by atoms with Crippen LogP contribution in [0.5, 0.6) is 5.75 Å². The number of rotatable bonds is 6. The molecular formula is C22H28N2O4S. The van der Waals surface area contributed by atoms with E-state index in [9.17, 15) is 13.2 Å². The van der Waals surface area contributed by atoms with Gasteiger partial charge in [-0.05, 0) is 60.2 Å². The second-order valence-electron chi connectivity index (χ2n) is 8.25. The fraction of sp³-hybridized carbons (Fsp3) is 0.409. The van der Waals surface area contributed by atoms with E-state index < -0.39 is 10.0 Å². The van der Waals surface area contributed by atoms with Crippen molar-refractivity contribution in [1.82, 2.24) is 4.31 Å². The molecule has 1 amide bonds. The van der Waals surface area contributed by atoms with Gasteiger partial charge in [-0.2, -0.15) is 4.31 Å². The Labute approximate surface area is 172 Å². The molecule has 0 unspecified atom stereocenters. The summed E-state index contributed by atoms with van der Waals surface area (Å²) in [6.07, 6.45) is 1.79. The third-order valence-corrected chi connectivity index (χ3v) is 6.84. The van der Waals surface area contributed by atoms with Crippen molar-refractivity contribution < 1.29 is 17.9 Å². The highest BCUT2D eigenvalue weighted by Crippen LogP contribution is 2.24. The molecule has 2 aromatic carbocycles. The number of hydrogen-bond donors (Lipinski definition) is 1. The zero-order chi connectivity index (χ0) is 21.1. The summed E-state index contributed by atoms with van der Waals surface area (Å²) in [5.41, 5.74) is 1.78. The van der Waals surface area contributed by atoms with E-state index in [-0.39, 0.29) is 22.8 Å². The zero-order valence-corrected chi connectivity index (χ0v) is 18.0. The molecule has 3 rings (SSSR count). The Hall–Kier alpha value is -2.38. The average molecular weight is 417 g/mol. The van der Waals surface area contributed by atoms with Crippen molar-refractivity contribution in [2.75, 3.05) is 25.0 Å². The number of carbonyl (C=O) groups excluding carboxylic acids is 1. The van der Waals surface area contributed by atoms with E-state index in [1.54, 1.807) is 12.1 Å². The smallest absolute Gasteiger partial charge is 0.262 e. The van der Waals surface area contributed by atoms with Crippen molar-refractivity contribution in [2.45, 2.75) is 43.9 Å². The first-order valence-corrected chi connectivity index (χ1v) is 11.2. The van der Waals surface area contributed by atoms with Crippen LogP contribution in [-0.4, -0.2) is 38.3 Å². The Morgan fingerprint density at radius 3 is 2.14 bits per heavy atom. The molecule has 7 heteroatoms. The number of nitrogens with zero attached hydrogens (tertiary/aromatic N) is 1. The van der Waals surface area contributed by atoms with Crippen molar-refractivity contribution in [3.8, 4) is 5.75 Å². The van der Waals surface area contributed by atoms with Gasteiger partial charge in [-0.1, -0.05) is 32.9 Å². The van der Waals surface area contributed by atoms with E-state index in [1.807, 2.05) is 24.3 Å². The van der Waals surface area contributed by atoms with Gasteiger partial charge < -0.3 is 10.1 Å². The molecule has 0 aromatic heterocycles. The summed E-state index contributed by atoms with van der Waals surface area (Å²) in [6.45, 7) is 7.42. The van der Waals surface area contributed by atoms with E-state index in [0.29, 0.717) is 24.5 Å². The summed E-state index contributed by atoms with van der Waals surface area (Å²) in [4.78, 5) is 12.4. The van der Waals surface area contributed by atoms with Crippen LogP contribution < -0.4 is 10.1 Å². The first kappa shape index (κ1) is 21.3. The van der Waals surface area contributed by atoms with Gasteiger partial charge >= 0.3 is 0 Å². The van der Waals surface area contributed by atoms with Crippen LogP contribution in [0.15, 0.2) is 53.4 Å². The molecule has 1 saturated heterocycles. The molecule has 0 aliphatic carbocycles. The second kappa shape index (κ2) is 8.55. The molecule has 0 saturated carbocycles. The number of amides is 1. The van der Waals surface area contributed by atoms with E-state index in [2.05, 4.69) is 26.1 Å². The van der Waals surface area contributed by atoms with Crippen LogP contribution in [0.1, 0.15) is 39.2 Å². The van der Waals surface area contributed by atoms with E-state index in [4.69, 9.17) is 4.74 Å². The summed E-state index contributed by atoms with van der Waals surface area (Å²) in [6, 6.07) is 13.9. The van der Waals surface area contributed by atoms with Crippen molar-refractivity contribution in [3.63, 3.8) is 0 Å². The summed E-state index contributed by atoms with van der Waals surface area (Å²) in [5.74, 6) is 0.320. The lowest BCUT2D eigenvalue weighted by Crippen LogP contribution is -2.27. The normalized spacial score (nSPS) is 15.3. The molecular weight excluding hydrogens is 388 g/mol. The number of nitrogens with one attached hydrogen (secondary N) is 1. The van der Waals surface area contributed by atoms with Crippen LogP contribution >= 0.6 is 0 Å². The standard InChI is InChI=1S/C22H28N2O4S/c1-22(2,3)17-6-10-19(11-7-17)28-16-21(25)23-18-8-12-20(13-9-18)29(26,27)24-14-4-5-15-24/h6-13H,4-5,14-16H2,1-3H3,(H,23,25). The van der Waals surface area contributed by atoms with Crippen LogP contribution in [0.2, 0.25) is 0 Å². The second-order valence-corrected chi connectivity index (χ2v) is 10.2. The van der Waals surface area contributed by atoms with E-state index in [1.165, 1.54) is 22.0 Å². The van der Waals surface area contributed by atoms with Crippen molar-refractivity contribution >= 4 is 21.6 Å². The SMILES string of the molecule is CC(C)(C)c1ccc(OCC(=O)Nc2ccc(S(=O)(=O)N3CCCC3)cc2)cc1. The maximum Gasteiger partial charge on any atom is 0.262 e. The molecule has 0 spiro atoms. The van der Waals surface area contributed by atoms with Crippen molar-refractivity contribution in [2.24, 2.45) is 0 Å². The summed E-state index contributed by atoms with van der Waals surface area (Å²) in [5, 5.41) is 2.72. The molecule has 1 N–H and O–H groups in total. The minimum atomic E-state index is -3.45. The van der Waals surface area contributed by atoms with E-state index in [0.717, 1.165) is 12.8 Å². The summed E-state index contributed by atoms with van der Waals surface area (Å²) >= 11 is 0. The average Bonchev–Trinajstić information content (AvgIpc) is 3.22. The molecule has 0 atom stereocenters. The fourth-order valence-electron chi connectivity index (χ4n) is 3.18. The summed E-state index contributed by atoms with van der Waals surface area (Å²) in [7, 11) is -3.45. The van der Waals surface area contributed by atoms with E-state index >= 15 is 0 Å². The maximum absolute atomic E-state index is 12.5. The number of sulfonamides is 1. The molecule has 1 aliphatic rings. The number of ether oxygens (including phenoxy) is 1. The number of carbonyl (C=O) groups is 1. The Morgan fingerprint density at radius 2 is 1.59 bits per heavy atom. The predicted octanol–water partition coefficient (Wildman–Crippen LogP) is 3.79. The number of benzene rings is 2. The molecule has 2 aromatic rings. The van der Waals surface area contributed by atoms with Gasteiger partial charge in [0.2, 0.25) is 10.0 Å². The number of hydrogen-bond acceptors (Lipinski definition) is 4. The third-order valence-electron chi connectivity index (χ3n) is 4.93. The number of anilines is 1. The van der Waals surface area contributed by atoms with Crippen LogP contribution in [0, 0.1) is 0 Å². The van der Waals surface area contributed by atoms with Crippen LogP contribution in [0.3, 0.4) is 0 Å². The lowest BCUT2D eigenvalue weighted by molar-refractivity contribution is -0.118. The molecule has 29 heavy (non-hydrogen) atoms. The Balaban J connectivity index is 1.54. The van der Waals surface area contributed by atoms with Gasteiger partial charge in [0.1, 0.15) is 5.75 Å². The van der Waals surface area contributed by atoms with Gasteiger partial charge in [0.15, 0.2) is 6.61 Å². The van der Waals surface area contributed by atoms with Gasteiger partial charge in [0.25, 0.3) is 5.91 Å². The van der Waals surface area contributed by atoms with Gasteiger partial charge in [0.05, 0.1) is 4.90 Å². The van der Waals surface area contributed by atoms with Gasteiger partial charge in [-0.25, -0.2) is 8.42 Å². The molecule has 6 nitrogen and oxygen atoms in total. The highest BCUT2D eigenvalue weighted by molar-refractivity contribution is 7.89. The van der Waals surface area contributed by atoms with Gasteiger partial charge in [-0.15, -0.1) is 0 Å². The Morgan fingerprint density at radius 1 is 1.00 bits per heavy atom. The predicted molar refractivity (Wildman–Crippen MR) is 114 cm³/mol. The van der Waals surface area contributed by atoms with Crippen LogP contribution in [0.25, 0.3) is 0 Å². The van der Waals surface area contributed by atoms with Crippen molar-refractivity contribution in [1.29, 1.82) is 0 Å². The molecule has 1 aliphatic heterocycles.